The van der Waals surface area contributed by atoms with Crippen molar-refractivity contribution in [3.63, 3.8) is 0 Å². The summed E-state index contributed by atoms with van der Waals surface area (Å²) in [6.45, 7) is 0. The molecule has 0 aliphatic rings. The molecule has 2 N–H and O–H groups in total. The van der Waals surface area contributed by atoms with E-state index in [9.17, 15) is 4.39 Å². The lowest BCUT2D eigenvalue weighted by molar-refractivity contribution is 0.426. The molecule has 0 unspecified atom stereocenters. The van der Waals surface area contributed by atoms with Gasteiger partial charge >= 0.3 is 0 Å². The number of anilines is 1. The predicted molar refractivity (Wildman–Crippen MR) is 102 cm³/mol. The maximum Gasteiger partial charge on any atom is 0.231 e. The van der Waals surface area contributed by atoms with Gasteiger partial charge in [0.1, 0.15) is 5.82 Å². The number of halogens is 1. The molecule has 26 heavy (non-hydrogen) atoms. The van der Waals surface area contributed by atoms with Gasteiger partial charge in [0.2, 0.25) is 5.88 Å². The van der Waals surface area contributed by atoms with Crippen LogP contribution in [0.3, 0.4) is 0 Å². The second-order valence-corrected chi connectivity index (χ2v) is 5.81. The number of nitrogens with one attached hydrogen (secondary N) is 2. The topological polar surface area (TPSA) is 62.5 Å². The fourth-order valence-corrected chi connectivity index (χ4v) is 2.65. The summed E-state index contributed by atoms with van der Waals surface area (Å²) in [5.74, 6) is 0.945. The van der Waals surface area contributed by atoms with Gasteiger partial charge in [-0.1, -0.05) is 47.6 Å². The van der Waals surface area contributed by atoms with Crippen LogP contribution in [-0.2, 0) is 12.8 Å². The fraction of sp³-hybridized carbons (Fsp3) is 0.200. The van der Waals surface area contributed by atoms with Gasteiger partial charge < -0.3 is 9.84 Å². The molecule has 0 saturated carbocycles. The zero-order chi connectivity index (χ0) is 18.4. The quantitative estimate of drug-likeness (QED) is 0.540. The zero-order valence-electron chi connectivity index (χ0n) is 14.8. The number of nitrogens with zero attached hydrogens (tertiary/aromatic N) is 2. The monoisotopic (exact) mass is 352 g/mol. The first-order valence-corrected chi connectivity index (χ1v) is 8.40. The third kappa shape index (κ3) is 4.27. The molecule has 5 nitrogen and oxygen atoms in total. The summed E-state index contributed by atoms with van der Waals surface area (Å²) in [6.07, 6.45) is 1.58. The van der Waals surface area contributed by atoms with E-state index in [0.29, 0.717) is 17.4 Å². The molecule has 3 rings (SSSR count). The van der Waals surface area contributed by atoms with E-state index in [1.165, 1.54) is 6.07 Å². The highest BCUT2D eigenvalue weighted by Crippen LogP contribution is 2.23. The molecule has 134 valence electrons. The van der Waals surface area contributed by atoms with Gasteiger partial charge in [0.05, 0.1) is 5.69 Å². The maximum atomic E-state index is 13.9. The van der Waals surface area contributed by atoms with Crippen LogP contribution in [0.15, 0.2) is 64.1 Å². The van der Waals surface area contributed by atoms with E-state index in [1.54, 1.807) is 26.2 Å². The molecule has 2 aromatic carbocycles. The molecule has 0 amide bonds. The largest absolute Gasteiger partial charge is 0.359 e. The number of hydrogen-bond donors (Lipinski definition) is 2. The van der Waals surface area contributed by atoms with Gasteiger partial charge in [-0.15, -0.1) is 0 Å². The lowest BCUT2D eigenvalue weighted by Gasteiger charge is -2.05. The van der Waals surface area contributed by atoms with Crippen molar-refractivity contribution in [2.24, 2.45) is 4.99 Å². The van der Waals surface area contributed by atoms with E-state index in [-0.39, 0.29) is 5.82 Å². The third-order valence-electron chi connectivity index (χ3n) is 4.07. The Balaban J connectivity index is 1.60. The van der Waals surface area contributed by atoms with Crippen LogP contribution in [0.4, 0.5) is 10.3 Å². The molecule has 0 fully saturated rings. The molecule has 3 aromatic rings. The second-order valence-electron chi connectivity index (χ2n) is 5.81. The number of rotatable bonds is 5. The minimum absolute atomic E-state index is 0.209. The average molecular weight is 352 g/mol. The van der Waals surface area contributed by atoms with Crippen molar-refractivity contribution in [2.45, 2.75) is 12.8 Å². The van der Waals surface area contributed by atoms with Gasteiger partial charge in [0.25, 0.3) is 0 Å². The van der Waals surface area contributed by atoms with Crippen LogP contribution in [0.2, 0.25) is 0 Å². The summed E-state index contributed by atoms with van der Waals surface area (Å²) in [5.41, 5.74) is 3.51. The molecule has 0 atom stereocenters. The van der Waals surface area contributed by atoms with Crippen LogP contribution < -0.4 is 10.6 Å². The Hall–Kier alpha value is -3.15. The van der Waals surface area contributed by atoms with E-state index in [0.717, 1.165) is 29.7 Å². The number of aliphatic imine (C=N–C) groups is 1. The van der Waals surface area contributed by atoms with Crippen molar-refractivity contribution in [2.75, 3.05) is 19.4 Å². The first-order chi connectivity index (χ1) is 12.7. The first-order valence-electron chi connectivity index (χ1n) is 8.40. The Kier molecular flexibility index (Phi) is 5.63. The SMILES string of the molecule is CN=C(NC)Nc1cc(CCc2ccc(-c3ccccc3F)cc2)no1. The van der Waals surface area contributed by atoms with Crippen LogP contribution in [-0.4, -0.2) is 25.2 Å². The second kappa shape index (κ2) is 8.29. The molecule has 0 radical (unpaired) electrons. The van der Waals surface area contributed by atoms with Crippen LogP contribution in [0.5, 0.6) is 0 Å². The Morgan fingerprint density at radius 3 is 2.58 bits per heavy atom. The highest BCUT2D eigenvalue weighted by molar-refractivity contribution is 5.92. The van der Waals surface area contributed by atoms with Gasteiger partial charge in [0, 0.05) is 25.7 Å². The minimum atomic E-state index is -0.209. The number of aromatic nitrogens is 1. The molecule has 0 bridgehead atoms. The van der Waals surface area contributed by atoms with E-state index in [4.69, 9.17) is 4.52 Å². The van der Waals surface area contributed by atoms with Gasteiger partial charge in [-0.25, -0.2) is 4.39 Å². The lowest BCUT2D eigenvalue weighted by Crippen LogP contribution is -2.26. The van der Waals surface area contributed by atoms with Gasteiger partial charge in [-0.05, 0) is 30.0 Å². The van der Waals surface area contributed by atoms with E-state index in [2.05, 4.69) is 20.8 Å². The molecular weight excluding hydrogens is 331 g/mol. The smallest absolute Gasteiger partial charge is 0.231 e. The standard InChI is InChI=1S/C20H21FN4O/c1-22-20(23-2)24-19-13-16(25-26-19)12-9-14-7-10-15(11-8-14)17-5-3-4-6-18(17)21/h3-8,10-11,13H,9,12H2,1-2H3,(H2,22,23,24). The minimum Gasteiger partial charge on any atom is -0.359 e. The number of hydrogen-bond acceptors (Lipinski definition) is 3. The van der Waals surface area contributed by atoms with Crippen molar-refractivity contribution in [1.82, 2.24) is 10.5 Å². The van der Waals surface area contributed by atoms with Crippen molar-refractivity contribution < 1.29 is 8.91 Å². The maximum absolute atomic E-state index is 13.9. The summed E-state index contributed by atoms with van der Waals surface area (Å²) >= 11 is 0. The van der Waals surface area contributed by atoms with E-state index in [1.807, 2.05) is 36.4 Å². The molecule has 0 spiro atoms. The summed E-state index contributed by atoms with van der Waals surface area (Å²) in [7, 11) is 3.46. The highest BCUT2D eigenvalue weighted by atomic mass is 19.1. The van der Waals surface area contributed by atoms with Gasteiger partial charge in [-0.3, -0.25) is 10.3 Å². The van der Waals surface area contributed by atoms with Gasteiger partial charge in [-0.2, -0.15) is 0 Å². The van der Waals surface area contributed by atoms with Crippen LogP contribution in [0, 0.1) is 5.82 Å². The van der Waals surface area contributed by atoms with Crippen LogP contribution >= 0.6 is 0 Å². The molecule has 0 aliphatic heterocycles. The predicted octanol–water partition coefficient (Wildman–Crippen LogP) is 3.88. The Labute approximate surface area is 151 Å². The van der Waals surface area contributed by atoms with Gasteiger partial charge in [0.15, 0.2) is 5.96 Å². The Morgan fingerprint density at radius 1 is 1.12 bits per heavy atom. The van der Waals surface area contributed by atoms with E-state index >= 15 is 0 Å². The lowest BCUT2D eigenvalue weighted by atomic mass is 10.0. The third-order valence-corrected chi connectivity index (χ3v) is 4.07. The normalized spacial score (nSPS) is 11.4. The van der Waals surface area contributed by atoms with Crippen molar-refractivity contribution in [3.8, 4) is 11.1 Å². The Bertz CT molecular complexity index is 887. The Morgan fingerprint density at radius 2 is 1.88 bits per heavy atom. The number of guanidine groups is 1. The van der Waals surface area contributed by atoms with Crippen LogP contribution in [0.1, 0.15) is 11.3 Å². The highest BCUT2D eigenvalue weighted by Gasteiger charge is 2.07. The summed E-state index contributed by atoms with van der Waals surface area (Å²) < 4.78 is 19.1. The molecular formula is C20H21FN4O. The summed E-state index contributed by atoms with van der Waals surface area (Å²) in [4.78, 5) is 4.02. The number of aryl methyl sites for hydroxylation is 2. The molecule has 6 heteroatoms. The fourth-order valence-electron chi connectivity index (χ4n) is 2.65. The average Bonchev–Trinajstić information content (AvgIpc) is 3.13. The summed E-state index contributed by atoms with van der Waals surface area (Å²) in [5, 5.41) is 9.98. The molecule has 1 aromatic heterocycles. The van der Waals surface area contributed by atoms with Crippen molar-refractivity contribution >= 4 is 11.8 Å². The number of benzene rings is 2. The molecule has 0 saturated heterocycles. The first kappa shape index (κ1) is 17.7. The summed E-state index contributed by atoms with van der Waals surface area (Å²) in [6, 6.07) is 16.6. The van der Waals surface area contributed by atoms with Crippen molar-refractivity contribution in [3.05, 3.63) is 71.7 Å². The van der Waals surface area contributed by atoms with Crippen LogP contribution in [0.25, 0.3) is 11.1 Å². The molecule has 1 heterocycles. The molecule has 0 aliphatic carbocycles. The van der Waals surface area contributed by atoms with E-state index < -0.39 is 0 Å². The van der Waals surface area contributed by atoms with Crippen molar-refractivity contribution in [1.29, 1.82) is 0 Å². The zero-order valence-corrected chi connectivity index (χ0v) is 14.8.